The molecule has 0 aliphatic carbocycles. The van der Waals surface area contributed by atoms with Crippen molar-refractivity contribution < 1.29 is 21.7 Å². The van der Waals surface area contributed by atoms with Crippen molar-refractivity contribution in [3.8, 4) is 0 Å². The first kappa shape index (κ1) is 60.6. The van der Waals surface area contributed by atoms with Gasteiger partial charge in [0.05, 0.1) is 8.41 Å². The summed E-state index contributed by atoms with van der Waals surface area (Å²) >= 11 is 0. The third-order valence-corrected chi connectivity index (χ3v) is 0. The summed E-state index contributed by atoms with van der Waals surface area (Å²) in [7, 11) is 0. The van der Waals surface area contributed by atoms with Gasteiger partial charge in [-0.1, -0.05) is 7.43 Å². The molecule has 0 aliphatic rings. The molecule has 0 aromatic carbocycles. The summed E-state index contributed by atoms with van der Waals surface area (Å²) in [6, 6.07) is 0. The Balaban J connectivity index is 0. The van der Waals surface area contributed by atoms with Crippen molar-refractivity contribution in [3.63, 3.8) is 0 Å². The maximum absolute atomic E-state index is 0. The zero-order valence-electron chi connectivity index (χ0n) is 0.500. The molecule has 0 aromatic heterocycles. The summed E-state index contributed by atoms with van der Waals surface area (Å²) in [5.74, 6) is 0. The van der Waals surface area contributed by atoms with E-state index in [1.165, 1.54) is 0 Å². The monoisotopic (exact) mass is 134 g/mol. The molecule has 4 heteroatoms. The Morgan fingerprint density at radius 1 is 1.00 bits per heavy atom. The second kappa shape index (κ2) is 36.3. The van der Waals surface area contributed by atoms with Crippen LogP contribution in [0.3, 0.4) is 0 Å². The van der Waals surface area contributed by atoms with Gasteiger partial charge < -0.3 is 0 Å². The Bertz CT molecular complexity index is 11.6. The van der Waals surface area contributed by atoms with E-state index in [1.54, 1.807) is 0 Å². The molecule has 0 amide bonds. The molecule has 0 saturated heterocycles. The van der Waals surface area contributed by atoms with E-state index < -0.39 is 0 Å². The SMILES string of the molecule is B.C.[AlH3].[MgH2].[Ti]. The van der Waals surface area contributed by atoms with Gasteiger partial charge in [0.25, 0.3) is 0 Å². The summed E-state index contributed by atoms with van der Waals surface area (Å²) < 4.78 is 0. The van der Waals surface area contributed by atoms with Crippen molar-refractivity contribution in [3.05, 3.63) is 0 Å². The first-order valence-electron chi connectivity index (χ1n) is 0. The Hall–Kier alpha value is 2.08. The van der Waals surface area contributed by atoms with Crippen LogP contribution < -0.4 is 0 Å². The van der Waals surface area contributed by atoms with Crippen molar-refractivity contribution >= 4 is 48.8 Å². The first-order chi connectivity index (χ1) is 0. The van der Waals surface area contributed by atoms with E-state index >= 15 is 0 Å². The van der Waals surface area contributed by atoms with E-state index in [4.69, 9.17) is 0 Å². The van der Waals surface area contributed by atoms with Crippen molar-refractivity contribution in [2.75, 3.05) is 0 Å². The third-order valence-electron chi connectivity index (χ3n) is 0. The average Bonchev–Trinajstić information content (AvgIpc) is 0. The molecule has 0 saturated carbocycles. The minimum Gasteiger partial charge on any atom is -0.0776 e. The number of hydrogen-bond donors (Lipinski definition) is 0. The summed E-state index contributed by atoms with van der Waals surface area (Å²) in [5, 5.41) is 0. The third kappa shape index (κ3) is 23.4. The fraction of sp³-hybridized carbons (Fsp3) is 1.00. The standard InChI is InChI=1S/CH4.Al.BH3.Mg.Ti.5H/h1H4;;1H3;;;;;;;. The Labute approximate surface area is 77.2 Å². The topological polar surface area (TPSA) is 0 Å². The van der Waals surface area contributed by atoms with Crippen LogP contribution in [0.25, 0.3) is 0 Å². The van der Waals surface area contributed by atoms with E-state index in [0.717, 1.165) is 0 Å². The molecule has 0 rings (SSSR count). The molecule has 0 aliphatic heterocycles. The van der Waals surface area contributed by atoms with Gasteiger partial charge in [-0.15, -0.1) is 0 Å². The molecule has 0 bridgehead atoms. The van der Waals surface area contributed by atoms with Crippen molar-refractivity contribution in [1.29, 1.82) is 0 Å². The van der Waals surface area contributed by atoms with Crippen LogP contribution in [0.4, 0.5) is 0 Å². The molecular formula is CH12AlBMgTi. The summed E-state index contributed by atoms with van der Waals surface area (Å²) in [5.41, 5.74) is 0. The number of hydrogen-bond acceptors (Lipinski definition) is 0. The predicted octanol–water partition coefficient (Wildman–Crippen LogP) is -2.65. The van der Waals surface area contributed by atoms with Gasteiger partial charge in [-0.05, 0) is 0 Å². The van der Waals surface area contributed by atoms with Gasteiger partial charge in [0, 0.05) is 21.7 Å². The van der Waals surface area contributed by atoms with Gasteiger partial charge in [0.1, 0.15) is 0 Å². The van der Waals surface area contributed by atoms with Gasteiger partial charge in [0.2, 0.25) is 0 Å². The summed E-state index contributed by atoms with van der Waals surface area (Å²) in [6.45, 7) is 0. The molecule has 0 atom stereocenters. The van der Waals surface area contributed by atoms with Crippen LogP contribution in [0, 0.1) is 0 Å². The van der Waals surface area contributed by atoms with Gasteiger partial charge in [-0.2, -0.15) is 0 Å². The molecule has 0 spiro atoms. The van der Waals surface area contributed by atoms with Crippen molar-refractivity contribution in [2.45, 2.75) is 7.43 Å². The Morgan fingerprint density at radius 2 is 1.00 bits per heavy atom. The van der Waals surface area contributed by atoms with Gasteiger partial charge in [-0.3, -0.25) is 0 Å². The van der Waals surface area contributed by atoms with Crippen LogP contribution in [0.15, 0.2) is 0 Å². The van der Waals surface area contributed by atoms with E-state index in [0.29, 0.717) is 0 Å². The van der Waals surface area contributed by atoms with Gasteiger partial charge in [-0.25, -0.2) is 0 Å². The van der Waals surface area contributed by atoms with Crippen molar-refractivity contribution in [1.82, 2.24) is 0 Å². The maximum atomic E-state index is 0. The normalized spacial score (nSPS) is 0. The predicted molar refractivity (Wildman–Crippen MR) is 35.2 cm³/mol. The second-order valence-electron chi connectivity index (χ2n) is 0. The van der Waals surface area contributed by atoms with E-state index in [9.17, 15) is 0 Å². The molecular weight excluding hydrogens is 122 g/mol. The molecule has 0 nitrogen and oxygen atoms in total. The van der Waals surface area contributed by atoms with Crippen LogP contribution in [0.5, 0.6) is 0 Å². The smallest absolute Gasteiger partial charge is 0.0776 e. The van der Waals surface area contributed by atoms with E-state index in [1.807, 2.05) is 0 Å². The van der Waals surface area contributed by atoms with Crippen molar-refractivity contribution in [2.24, 2.45) is 0 Å². The molecule has 0 radical (unpaired) electrons. The van der Waals surface area contributed by atoms with E-state index in [2.05, 4.69) is 0 Å². The van der Waals surface area contributed by atoms with Crippen LogP contribution >= 0.6 is 0 Å². The van der Waals surface area contributed by atoms with Gasteiger partial charge >= 0.3 is 23.1 Å². The number of rotatable bonds is 0. The van der Waals surface area contributed by atoms with Crippen LogP contribution in [-0.2, 0) is 21.7 Å². The molecule has 0 aromatic rings. The molecule has 0 unspecified atom stereocenters. The fourth-order valence-corrected chi connectivity index (χ4v) is 0. The molecule has 5 heavy (non-hydrogen) atoms. The summed E-state index contributed by atoms with van der Waals surface area (Å²) in [4.78, 5) is 0. The quantitative estimate of drug-likeness (QED) is 0.317. The fourth-order valence-electron chi connectivity index (χ4n) is 0. The first-order valence-corrected chi connectivity index (χ1v) is 0. The molecule has 0 fully saturated rings. The van der Waals surface area contributed by atoms with Crippen LogP contribution in [0.2, 0.25) is 0 Å². The van der Waals surface area contributed by atoms with E-state index in [-0.39, 0.29) is 78.0 Å². The Morgan fingerprint density at radius 3 is 1.00 bits per heavy atom. The minimum atomic E-state index is 0. The Kier molecular flexibility index (Phi) is 440. The molecule has 0 heterocycles. The second-order valence-corrected chi connectivity index (χ2v) is 0. The molecule has 0 N–H and O–H groups in total. The van der Waals surface area contributed by atoms with Crippen LogP contribution in [-0.4, -0.2) is 48.8 Å². The maximum Gasteiger partial charge on any atom is 0.316 e. The molecule has 28 valence electrons. The minimum absolute atomic E-state index is 0. The largest absolute Gasteiger partial charge is 0.316 e. The van der Waals surface area contributed by atoms with Crippen LogP contribution in [0.1, 0.15) is 7.43 Å². The zero-order chi connectivity index (χ0) is 0. The van der Waals surface area contributed by atoms with Gasteiger partial charge in [0.15, 0.2) is 17.4 Å². The summed E-state index contributed by atoms with van der Waals surface area (Å²) in [6.07, 6.45) is 0. The average molecular weight is 134 g/mol. The zero-order valence-corrected chi connectivity index (χ0v) is 2.06.